The average molecular weight is 262 g/mol. The highest BCUT2D eigenvalue weighted by Crippen LogP contribution is 2.26. The third-order valence-electron chi connectivity index (χ3n) is 3.58. The van der Waals surface area contributed by atoms with Crippen LogP contribution in [0.5, 0.6) is 0 Å². The molecule has 0 aromatic heterocycles. The minimum atomic E-state index is 0.239. The number of anilines is 1. The summed E-state index contributed by atoms with van der Waals surface area (Å²) in [6.07, 6.45) is 0. The molecule has 1 fully saturated rings. The standard InChI is InChI=1S/C15H24N2.C2H6/c1-15(2,3)13-6-5-7-14(12-13)17-10-8-16(4)9-11-17;1-2/h5-7,12H,8-11H2,1-4H3;1-2H3. The van der Waals surface area contributed by atoms with Gasteiger partial charge in [0.1, 0.15) is 0 Å². The second kappa shape index (κ2) is 6.95. The molecule has 19 heavy (non-hydrogen) atoms. The van der Waals surface area contributed by atoms with Crippen LogP contribution in [0.4, 0.5) is 5.69 Å². The molecule has 0 aliphatic carbocycles. The zero-order chi connectivity index (χ0) is 14.5. The van der Waals surface area contributed by atoms with Crippen molar-refractivity contribution < 1.29 is 0 Å². The molecule has 0 atom stereocenters. The predicted molar refractivity (Wildman–Crippen MR) is 86.2 cm³/mol. The molecule has 1 aliphatic heterocycles. The highest BCUT2D eigenvalue weighted by molar-refractivity contribution is 5.50. The minimum Gasteiger partial charge on any atom is -0.369 e. The summed E-state index contributed by atoms with van der Waals surface area (Å²) in [5, 5.41) is 0. The number of hydrogen-bond donors (Lipinski definition) is 0. The predicted octanol–water partition coefficient (Wildman–Crippen LogP) is 3.76. The van der Waals surface area contributed by atoms with Crippen molar-refractivity contribution in [3.05, 3.63) is 29.8 Å². The molecule has 2 rings (SSSR count). The zero-order valence-electron chi connectivity index (χ0n) is 13.5. The van der Waals surface area contributed by atoms with Gasteiger partial charge in [-0.2, -0.15) is 0 Å². The molecular weight excluding hydrogens is 232 g/mol. The maximum atomic E-state index is 2.50. The molecule has 0 unspecified atom stereocenters. The Morgan fingerprint density at radius 1 is 0.947 bits per heavy atom. The van der Waals surface area contributed by atoms with E-state index in [4.69, 9.17) is 0 Å². The fourth-order valence-corrected chi connectivity index (χ4v) is 2.23. The van der Waals surface area contributed by atoms with Gasteiger partial charge in [-0.15, -0.1) is 0 Å². The number of hydrogen-bond acceptors (Lipinski definition) is 2. The first kappa shape index (κ1) is 16.0. The highest BCUT2D eigenvalue weighted by Gasteiger charge is 2.17. The average Bonchev–Trinajstić information content (AvgIpc) is 2.41. The van der Waals surface area contributed by atoms with E-state index in [1.807, 2.05) is 13.8 Å². The molecule has 2 heteroatoms. The lowest BCUT2D eigenvalue weighted by atomic mass is 9.87. The van der Waals surface area contributed by atoms with E-state index in [2.05, 4.69) is 61.9 Å². The summed E-state index contributed by atoms with van der Waals surface area (Å²) < 4.78 is 0. The number of benzene rings is 1. The molecule has 1 aliphatic rings. The third kappa shape index (κ3) is 4.54. The lowest BCUT2D eigenvalue weighted by Gasteiger charge is -2.34. The zero-order valence-corrected chi connectivity index (χ0v) is 13.5. The Balaban J connectivity index is 0.000000861. The summed E-state index contributed by atoms with van der Waals surface area (Å²) in [5.41, 5.74) is 3.04. The maximum Gasteiger partial charge on any atom is 0.0370 e. The van der Waals surface area contributed by atoms with Crippen molar-refractivity contribution in [3.8, 4) is 0 Å². The molecule has 1 heterocycles. The van der Waals surface area contributed by atoms with Gasteiger partial charge in [0.15, 0.2) is 0 Å². The van der Waals surface area contributed by atoms with E-state index in [1.54, 1.807) is 0 Å². The molecule has 2 nitrogen and oxygen atoms in total. The van der Waals surface area contributed by atoms with Gasteiger partial charge in [0.2, 0.25) is 0 Å². The van der Waals surface area contributed by atoms with Crippen molar-refractivity contribution in [2.45, 2.75) is 40.0 Å². The van der Waals surface area contributed by atoms with Crippen LogP contribution in [0.25, 0.3) is 0 Å². The maximum absolute atomic E-state index is 2.50. The lowest BCUT2D eigenvalue weighted by Crippen LogP contribution is -2.44. The molecule has 0 spiro atoms. The van der Waals surface area contributed by atoms with Gasteiger partial charge >= 0.3 is 0 Å². The van der Waals surface area contributed by atoms with Gasteiger partial charge in [0, 0.05) is 31.9 Å². The van der Waals surface area contributed by atoms with E-state index in [9.17, 15) is 0 Å². The number of piperazine rings is 1. The molecule has 0 bridgehead atoms. The van der Waals surface area contributed by atoms with Crippen molar-refractivity contribution in [3.63, 3.8) is 0 Å². The van der Waals surface area contributed by atoms with Gasteiger partial charge in [-0.1, -0.05) is 46.8 Å². The molecule has 0 radical (unpaired) electrons. The number of rotatable bonds is 1. The van der Waals surface area contributed by atoms with E-state index >= 15 is 0 Å². The summed E-state index contributed by atoms with van der Waals surface area (Å²) in [5.74, 6) is 0. The Bertz CT molecular complexity index is 371. The largest absolute Gasteiger partial charge is 0.369 e. The summed E-state index contributed by atoms with van der Waals surface area (Å²) in [4.78, 5) is 4.89. The first-order valence-corrected chi connectivity index (χ1v) is 7.51. The summed E-state index contributed by atoms with van der Waals surface area (Å²) >= 11 is 0. The first-order chi connectivity index (χ1) is 8.97. The molecule has 0 amide bonds. The van der Waals surface area contributed by atoms with Crippen molar-refractivity contribution in [1.82, 2.24) is 4.90 Å². The lowest BCUT2D eigenvalue weighted by molar-refractivity contribution is 0.313. The topological polar surface area (TPSA) is 6.48 Å². The summed E-state index contributed by atoms with van der Waals surface area (Å²) in [6.45, 7) is 15.4. The summed E-state index contributed by atoms with van der Waals surface area (Å²) in [6, 6.07) is 9.01. The third-order valence-corrected chi connectivity index (χ3v) is 3.58. The van der Waals surface area contributed by atoms with Crippen LogP contribution < -0.4 is 4.90 Å². The van der Waals surface area contributed by atoms with Gasteiger partial charge in [0.25, 0.3) is 0 Å². The van der Waals surface area contributed by atoms with Crippen LogP contribution >= 0.6 is 0 Å². The first-order valence-electron chi connectivity index (χ1n) is 7.51. The number of nitrogens with zero attached hydrogens (tertiary/aromatic N) is 2. The van der Waals surface area contributed by atoms with Gasteiger partial charge < -0.3 is 9.80 Å². The van der Waals surface area contributed by atoms with Crippen LogP contribution in [0.2, 0.25) is 0 Å². The molecule has 1 aromatic carbocycles. The Morgan fingerprint density at radius 3 is 2.05 bits per heavy atom. The molecule has 0 saturated carbocycles. The van der Waals surface area contributed by atoms with Crippen molar-refractivity contribution in [2.75, 3.05) is 38.1 Å². The second-order valence-corrected chi connectivity index (χ2v) is 6.09. The fourth-order valence-electron chi connectivity index (χ4n) is 2.23. The van der Waals surface area contributed by atoms with Crippen molar-refractivity contribution >= 4 is 5.69 Å². The van der Waals surface area contributed by atoms with Crippen LogP contribution in [-0.2, 0) is 5.41 Å². The van der Waals surface area contributed by atoms with Gasteiger partial charge in [-0.3, -0.25) is 0 Å². The van der Waals surface area contributed by atoms with E-state index in [1.165, 1.54) is 24.3 Å². The highest BCUT2D eigenvalue weighted by atomic mass is 15.2. The fraction of sp³-hybridized carbons (Fsp3) is 0.647. The van der Waals surface area contributed by atoms with Crippen molar-refractivity contribution in [1.29, 1.82) is 0 Å². The van der Waals surface area contributed by atoms with E-state index < -0.39 is 0 Å². The van der Waals surface area contributed by atoms with Crippen LogP contribution in [0, 0.1) is 0 Å². The van der Waals surface area contributed by atoms with E-state index in [0.717, 1.165) is 13.1 Å². The molecule has 0 N–H and O–H groups in total. The van der Waals surface area contributed by atoms with Crippen molar-refractivity contribution in [2.24, 2.45) is 0 Å². The Hall–Kier alpha value is -1.02. The molecule has 1 saturated heterocycles. The van der Waals surface area contributed by atoms with E-state index in [-0.39, 0.29) is 5.41 Å². The van der Waals surface area contributed by atoms with Gasteiger partial charge in [0.05, 0.1) is 0 Å². The van der Waals surface area contributed by atoms with Crippen LogP contribution in [-0.4, -0.2) is 38.1 Å². The molecular formula is C17H30N2. The van der Waals surface area contributed by atoms with Gasteiger partial charge in [-0.05, 0) is 30.2 Å². The van der Waals surface area contributed by atoms with Crippen LogP contribution in [0.15, 0.2) is 24.3 Å². The molecule has 108 valence electrons. The van der Waals surface area contributed by atoms with Crippen LogP contribution in [0.3, 0.4) is 0 Å². The molecule has 1 aromatic rings. The quantitative estimate of drug-likeness (QED) is 0.760. The Kier molecular flexibility index (Phi) is 5.86. The second-order valence-electron chi connectivity index (χ2n) is 6.09. The Morgan fingerprint density at radius 2 is 1.53 bits per heavy atom. The van der Waals surface area contributed by atoms with E-state index in [0.29, 0.717) is 0 Å². The SMILES string of the molecule is CC.CN1CCN(c2cccc(C(C)(C)C)c2)CC1. The Labute approximate surface area is 119 Å². The normalized spacial score (nSPS) is 16.8. The summed E-state index contributed by atoms with van der Waals surface area (Å²) in [7, 11) is 2.20. The minimum absolute atomic E-state index is 0.239. The smallest absolute Gasteiger partial charge is 0.0370 e. The van der Waals surface area contributed by atoms with Crippen LogP contribution in [0.1, 0.15) is 40.2 Å². The number of likely N-dealkylation sites (N-methyl/N-ethyl adjacent to an activating group) is 1. The monoisotopic (exact) mass is 262 g/mol. The van der Waals surface area contributed by atoms with Gasteiger partial charge in [-0.25, -0.2) is 0 Å².